The van der Waals surface area contributed by atoms with Crippen LogP contribution in [0.4, 0.5) is 20.2 Å². The molecule has 0 spiro atoms. The number of benzene rings is 2. The van der Waals surface area contributed by atoms with Crippen molar-refractivity contribution >= 4 is 23.2 Å². The van der Waals surface area contributed by atoms with Gasteiger partial charge >= 0.3 is 0 Å². The van der Waals surface area contributed by atoms with Crippen LogP contribution in [-0.2, 0) is 11.3 Å². The van der Waals surface area contributed by atoms with E-state index in [4.69, 9.17) is 0 Å². The van der Waals surface area contributed by atoms with Gasteiger partial charge in [-0.05, 0) is 43.5 Å². The van der Waals surface area contributed by atoms with E-state index in [9.17, 15) is 18.4 Å². The molecule has 2 amide bonds. The zero-order valence-electron chi connectivity index (χ0n) is 15.7. The average molecular weight is 387 g/mol. The number of hydrogen-bond acceptors (Lipinski definition) is 3. The molecule has 1 aliphatic rings. The van der Waals surface area contributed by atoms with E-state index in [1.807, 2.05) is 0 Å². The van der Waals surface area contributed by atoms with E-state index >= 15 is 0 Å². The van der Waals surface area contributed by atoms with Gasteiger partial charge in [-0.25, -0.2) is 8.78 Å². The maximum Gasteiger partial charge on any atom is 0.253 e. The predicted octanol–water partition coefficient (Wildman–Crippen LogP) is 3.84. The highest BCUT2D eigenvalue weighted by atomic mass is 19.1. The highest BCUT2D eigenvalue weighted by Gasteiger charge is 2.20. The number of anilines is 2. The Kier molecular flexibility index (Phi) is 6.23. The molecule has 148 valence electrons. The van der Waals surface area contributed by atoms with Crippen molar-refractivity contribution in [2.45, 2.75) is 32.7 Å². The molecule has 0 aromatic heterocycles. The lowest BCUT2D eigenvalue weighted by Crippen LogP contribution is -2.33. The highest BCUT2D eigenvalue weighted by molar-refractivity contribution is 6.01. The number of rotatable bonds is 5. The van der Waals surface area contributed by atoms with Crippen molar-refractivity contribution in [2.24, 2.45) is 0 Å². The Balaban J connectivity index is 1.81. The Morgan fingerprint density at radius 2 is 1.79 bits per heavy atom. The van der Waals surface area contributed by atoms with Crippen molar-refractivity contribution in [1.29, 1.82) is 0 Å². The summed E-state index contributed by atoms with van der Waals surface area (Å²) in [5, 5.41) is 5.44. The third-order valence-corrected chi connectivity index (χ3v) is 4.71. The first-order chi connectivity index (χ1) is 13.4. The molecule has 7 heteroatoms. The fourth-order valence-corrected chi connectivity index (χ4v) is 3.34. The van der Waals surface area contributed by atoms with Gasteiger partial charge in [0.25, 0.3) is 5.91 Å². The molecule has 0 aliphatic carbocycles. The second-order valence-corrected chi connectivity index (χ2v) is 6.88. The molecule has 1 aliphatic heterocycles. The van der Waals surface area contributed by atoms with Gasteiger partial charge in [-0.2, -0.15) is 0 Å². The SMILES string of the molecule is CC(=O)Nc1ccc(C(=O)NCc2ccc(F)cc2F)c(N2CCCCC2)c1. The maximum absolute atomic E-state index is 13.8. The van der Waals surface area contributed by atoms with E-state index in [1.165, 1.54) is 13.0 Å². The molecule has 2 aromatic rings. The van der Waals surface area contributed by atoms with Crippen molar-refractivity contribution < 1.29 is 18.4 Å². The fraction of sp³-hybridized carbons (Fsp3) is 0.333. The topological polar surface area (TPSA) is 61.4 Å². The number of carbonyl (C=O) groups excluding carboxylic acids is 2. The third-order valence-electron chi connectivity index (χ3n) is 4.71. The van der Waals surface area contributed by atoms with Crippen LogP contribution in [0.3, 0.4) is 0 Å². The second-order valence-electron chi connectivity index (χ2n) is 6.88. The van der Waals surface area contributed by atoms with E-state index in [1.54, 1.807) is 18.2 Å². The molecule has 0 unspecified atom stereocenters. The van der Waals surface area contributed by atoms with Crippen LogP contribution < -0.4 is 15.5 Å². The molecule has 0 radical (unpaired) electrons. The summed E-state index contributed by atoms with van der Waals surface area (Å²) < 4.78 is 26.8. The van der Waals surface area contributed by atoms with Crippen molar-refractivity contribution in [2.75, 3.05) is 23.3 Å². The number of carbonyl (C=O) groups is 2. The molecule has 5 nitrogen and oxygen atoms in total. The van der Waals surface area contributed by atoms with Gasteiger partial charge in [-0.3, -0.25) is 9.59 Å². The van der Waals surface area contributed by atoms with Crippen LogP contribution in [0.5, 0.6) is 0 Å². The van der Waals surface area contributed by atoms with E-state index in [0.717, 1.165) is 50.2 Å². The van der Waals surface area contributed by atoms with Crippen LogP contribution in [-0.4, -0.2) is 24.9 Å². The van der Waals surface area contributed by atoms with E-state index in [-0.39, 0.29) is 23.9 Å². The van der Waals surface area contributed by atoms with Crippen molar-refractivity contribution in [3.05, 3.63) is 59.2 Å². The molecule has 2 aromatic carbocycles. The lowest BCUT2D eigenvalue weighted by Gasteiger charge is -2.30. The summed E-state index contributed by atoms with van der Waals surface area (Å²) in [5.41, 5.74) is 2.03. The molecule has 0 atom stereocenters. The standard InChI is InChI=1S/C21H23F2N3O2/c1-14(27)25-17-7-8-18(20(12-17)26-9-3-2-4-10-26)21(28)24-13-15-5-6-16(22)11-19(15)23/h5-8,11-12H,2-4,9-10,13H2,1H3,(H,24,28)(H,25,27). The molecule has 2 N–H and O–H groups in total. The second kappa shape index (κ2) is 8.82. The Morgan fingerprint density at radius 3 is 2.46 bits per heavy atom. The smallest absolute Gasteiger partial charge is 0.253 e. The summed E-state index contributed by atoms with van der Waals surface area (Å²) in [6.07, 6.45) is 3.21. The van der Waals surface area contributed by atoms with Crippen LogP contribution >= 0.6 is 0 Å². The van der Waals surface area contributed by atoms with Crippen LogP contribution in [0, 0.1) is 11.6 Å². The molecule has 28 heavy (non-hydrogen) atoms. The Morgan fingerprint density at radius 1 is 1.04 bits per heavy atom. The summed E-state index contributed by atoms with van der Waals surface area (Å²) in [7, 11) is 0. The molecular formula is C21H23F2N3O2. The Hall–Kier alpha value is -2.96. The molecule has 0 saturated carbocycles. The number of amides is 2. The van der Waals surface area contributed by atoms with Gasteiger partial charge < -0.3 is 15.5 Å². The third kappa shape index (κ3) is 4.85. The Bertz CT molecular complexity index is 880. The van der Waals surface area contributed by atoms with Gasteiger partial charge in [0.2, 0.25) is 5.91 Å². The van der Waals surface area contributed by atoms with Gasteiger partial charge in [0.15, 0.2) is 0 Å². The molecule has 3 rings (SSSR count). The summed E-state index contributed by atoms with van der Waals surface area (Å²) in [5.74, 6) is -1.89. The number of nitrogens with zero attached hydrogens (tertiary/aromatic N) is 1. The number of halogens is 2. The molecule has 1 heterocycles. The largest absolute Gasteiger partial charge is 0.371 e. The number of nitrogens with one attached hydrogen (secondary N) is 2. The van der Waals surface area contributed by atoms with Gasteiger partial charge in [0.1, 0.15) is 11.6 Å². The first kappa shape index (κ1) is 19.8. The minimum atomic E-state index is -0.697. The minimum absolute atomic E-state index is 0.0438. The van der Waals surface area contributed by atoms with Crippen molar-refractivity contribution in [3.63, 3.8) is 0 Å². The van der Waals surface area contributed by atoms with Crippen molar-refractivity contribution in [3.8, 4) is 0 Å². The maximum atomic E-state index is 13.8. The van der Waals surface area contributed by atoms with E-state index < -0.39 is 11.6 Å². The normalized spacial score (nSPS) is 13.9. The fourth-order valence-electron chi connectivity index (χ4n) is 3.34. The summed E-state index contributed by atoms with van der Waals surface area (Å²) in [6.45, 7) is 3.04. The molecule has 1 fully saturated rings. The average Bonchev–Trinajstić information content (AvgIpc) is 2.67. The number of piperidine rings is 1. The van der Waals surface area contributed by atoms with E-state index in [2.05, 4.69) is 15.5 Å². The van der Waals surface area contributed by atoms with E-state index in [0.29, 0.717) is 11.3 Å². The van der Waals surface area contributed by atoms with Gasteiger partial charge in [0.05, 0.1) is 11.3 Å². The minimum Gasteiger partial charge on any atom is -0.371 e. The lowest BCUT2D eigenvalue weighted by atomic mass is 10.1. The Labute approximate surface area is 162 Å². The monoisotopic (exact) mass is 387 g/mol. The zero-order chi connectivity index (χ0) is 20.1. The van der Waals surface area contributed by atoms with Crippen LogP contribution in [0.25, 0.3) is 0 Å². The number of hydrogen-bond donors (Lipinski definition) is 2. The quantitative estimate of drug-likeness (QED) is 0.819. The molecule has 1 saturated heterocycles. The first-order valence-electron chi connectivity index (χ1n) is 9.33. The summed E-state index contributed by atoms with van der Waals surface area (Å²) in [6, 6.07) is 8.39. The van der Waals surface area contributed by atoms with Crippen LogP contribution in [0.2, 0.25) is 0 Å². The van der Waals surface area contributed by atoms with Crippen molar-refractivity contribution in [1.82, 2.24) is 5.32 Å². The molecular weight excluding hydrogens is 364 g/mol. The van der Waals surface area contributed by atoms with Crippen LogP contribution in [0.1, 0.15) is 42.1 Å². The van der Waals surface area contributed by atoms with Gasteiger partial charge in [-0.1, -0.05) is 6.07 Å². The lowest BCUT2D eigenvalue weighted by molar-refractivity contribution is -0.114. The zero-order valence-corrected chi connectivity index (χ0v) is 15.7. The van der Waals surface area contributed by atoms with Gasteiger partial charge in [-0.15, -0.1) is 0 Å². The molecule has 0 bridgehead atoms. The first-order valence-corrected chi connectivity index (χ1v) is 9.33. The van der Waals surface area contributed by atoms with Crippen LogP contribution in [0.15, 0.2) is 36.4 Å². The highest BCUT2D eigenvalue weighted by Crippen LogP contribution is 2.28. The summed E-state index contributed by atoms with van der Waals surface area (Å²) >= 11 is 0. The summed E-state index contributed by atoms with van der Waals surface area (Å²) in [4.78, 5) is 26.3. The van der Waals surface area contributed by atoms with Gasteiger partial charge in [0, 0.05) is 43.9 Å². The predicted molar refractivity (Wildman–Crippen MR) is 104 cm³/mol.